The van der Waals surface area contributed by atoms with Gasteiger partial charge in [0.1, 0.15) is 0 Å². The molecule has 0 unspecified atom stereocenters. The predicted octanol–water partition coefficient (Wildman–Crippen LogP) is 3.89. The highest BCUT2D eigenvalue weighted by Gasteiger charge is 2.05. The molecule has 2 rings (SSSR count). The number of rotatable bonds is 4. The van der Waals surface area contributed by atoms with Crippen LogP contribution in [0, 0.1) is 0 Å². The van der Waals surface area contributed by atoms with E-state index in [2.05, 4.69) is 12.2 Å². The Morgan fingerprint density at radius 1 is 1.00 bits per heavy atom. The molecule has 0 atom stereocenters. The Hall–Kier alpha value is -2.09. The van der Waals surface area contributed by atoms with Crippen molar-refractivity contribution in [3.05, 3.63) is 65.7 Å². The Morgan fingerprint density at radius 3 is 2.28 bits per heavy atom. The van der Waals surface area contributed by atoms with Crippen molar-refractivity contribution in [1.82, 2.24) is 0 Å². The van der Waals surface area contributed by atoms with Gasteiger partial charge in [-0.15, -0.1) is 0 Å². The molecule has 0 fully saturated rings. The Morgan fingerprint density at radius 2 is 1.67 bits per heavy atom. The second kappa shape index (κ2) is 6.01. The average Bonchev–Trinajstić information content (AvgIpc) is 2.41. The van der Waals surface area contributed by atoms with E-state index in [4.69, 9.17) is 0 Å². The SMILES string of the molecule is CCCc1ccc(C(=O)Nc2ccccc2)cc1. The van der Waals surface area contributed by atoms with Crippen molar-refractivity contribution in [2.45, 2.75) is 19.8 Å². The number of nitrogens with one attached hydrogen (secondary N) is 1. The van der Waals surface area contributed by atoms with E-state index in [0.29, 0.717) is 5.56 Å². The van der Waals surface area contributed by atoms with Gasteiger partial charge in [0.15, 0.2) is 0 Å². The van der Waals surface area contributed by atoms with E-state index < -0.39 is 0 Å². The van der Waals surface area contributed by atoms with Gasteiger partial charge in [0.2, 0.25) is 0 Å². The van der Waals surface area contributed by atoms with Crippen molar-refractivity contribution < 1.29 is 4.79 Å². The van der Waals surface area contributed by atoms with E-state index >= 15 is 0 Å². The summed E-state index contributed by atoms with van der Waals surface area (Å²) < 4.78 is 0. The van der Waals surface area contributed by atoms with E-state index in [9.17, 15) is 4.79 Å². The van der Waals surface area contributed by atoms with Crippen molar-refractivity contribution >= 4 is 11.6 Å². The first-order valence-corrected chi connectivity index (χ1v) is 6.25. The smallest absolute Gasteiger partial charge is 0.255 e. The third kappa shape index (κ3) is 3.20. The number of benzene rings is 2. The number of hydrogen-bond acceptors (Lipinski definition) is 1. The fourth-order valence-corrected chi connectivity index (χ4v) is 1.84. The molecule has 0 saturated carbocycles. The molecule has 2 aromatic carbocycles. The lowest BCUT2D eigenvalue weighted by molar-refractivity contribution is 0.102. The molecule has 0 bridgehead atoms. The van der Waals surface area contributed by atoms with Gasteiger partial charge in [-0.2, -0.15) is 0 Å². The summed E-state index contributed by atoms with van der Waals surface area (Å²) in [4.78, 5) is 12.0. The number of anilines is 1. The molecule has 0 saturated heterocycles. The Kier molecular flexibility index (Phi) is 4.13. The second-order valence-electron chi connectivity index (χ2n) is 4.27. The van der Waals surface area contributed by atoms with Crippen molar-refractivity contribution in [3.63, 3.8) is 0 Å². The van der Waals surface area contributed by atoms with Gasteiger partial charge in [-0.3, -0.25) is 4.79 Å². The van der Waals surface area contributed by atoms with Crippen LogP contribution >= 0.6 is 0 Å². The number of hydrogen-bond donors (Lipinski definition) is 1. The number of carbonyl (C=O) groups excluding carboxylic acids is 1. The molecule has 2 nitrogen and oxygen atoms in total. The molecule has 0 aliphatic heterocycles. The molecule has 0 aromatic heterocycles. The lowest BCUT2D eigenvalue weighted by atomic mass is 10.1. The quantitative estimate of drug-likeness (QED) is 0.861. The Balaban J connectivity index is 2.05. The molecule has 2 aromatic rings. The zero-order chi connectivity index (χ0) is 12.8. The zero-order valence-electron chi connectivity index (χ0n) is 10.5. The largest absolute Gasteiger partial charge is 0.322 e. The first-order chi connectivity index (χ1) is 8.79. The van der Waals surface area contributed by atoms with Crippen molar-refractivity contribution in [1.29, 1.82) is 0 Å². The fourth-order valence-electron chi connectivity index (χ4n) is 1.84. The van der Waals surface area contributed by atoms with Gasteiger partial charge in [-0.1, -0.05) is 43.7 Å². The highest BCUT2D eigenvalue weighted by molar-refractivity contribution is 6.04. The molecule has 0 aliphatic rings. The van der Waals surface area contributed by atoms with Crippen LogP contribution in [-0.4, -0.2) is 5.91 Å². The second-order valence-corrected chi connectivity index (χ2v) is 4.27. The normalized spacial score (nSPS) is 10.1. The minimum atomic E-state index is -0.0655. The van der Waals surface area contributed by atoms with Crippen LogP contribution < -0.4 is 5.32 Å². The molecule has 92 valence electrons. The number of carbonyl (C=O) groups is 1. The third-order valence-electron chi connectivity index (χ3n) is 2.79. The fraction of sp³-hybridized carbons (Fsp3) is 0.188. The molecular weight excluding hydrogens is 222 g/mol. The van der Waals surface area contributed by atoms with E-state index in [1.165, 1.54) is 5.56 Å². The number of para-hydroxylation sites is 1. The molecular formula is C16H17NO. The van der Waals surface area contributed by atoms with E-state index in [-0.39, 0.29) is 5.91 Å². The van der Waals surface area contributed by atoms with Crippen LogP contribution in [0.1, 0.15) is 29.3 Å². The van der Waals surface area contributed by atoms with E-state index in [1.54, 1.807) is 0 Å². The molecule has 0 aliphatic carbocycles. The number of aryl methyl sites for hydroxylation is 1. The maximum Gasteiger partial charge on any atom is 0.255 e. The molecule has 0 heterocycles. The van der Waals surface area contributed by atoms with Gasteiger partial charge in [-0.25, -0.2) is 0 Å². The van der Waals surface area contributed by atoms with Gasteiger partial charge in [-0.05, 0) is 36.2 Å². The summed E-state index contributed by atoms with van der Waals surface area (Å²) in [5.74, 6) is -0.0655. The summed E-state index contributed by atoms with van der Waals surface area (Å²) in [6, 6.07) is 17.3. The topological polar surface area (TPSA) is 29.1 Å². The van der Waals surface area contributed by atoms with Crippen molar-refractivity contribution in [2.75, 3.05) is 5.32 Å². The summed E-state index contributed by atoms with van der Waals surface area (Å²) in [5.41, 5.74) is 2.78. The van der Waals surface area contributed by atoms with E-state index in [0.717, 1.165) is 18.5 Å². The maximum absolute atomic E-state index is 12.0. The zero-order valence-corrected chi connectivity index (χ0v) is 10.5. The summed E-state index contributed by atoms with van der Waals surface area (Å²) in [6.45, 7) is 2.15. The van der Waals surface area contributed by atoms with Crippen LogP contribution in [0.2, 0.25) is 0 Å². The highest BCUT2D eigenvalue weighted by atomic mass is 16.1. The highest BCUT2D eigenvalue weighted by Crippen LogP contribution is 2.10. The van der Waals surface area contributed by atoms with Crippen molar-refractivity contribution in [2.24, 2.45) is 0 Å². The predicted molar refractivity (Wildman–Crippen MR) is 74.8 cm³/mol. The summed E-state index contributed by atoms with van der Waals surface area (Å²) in [5, 5.41) is 2.87. The van der Waals surface area contributed by atoms with Crippen LogP contribution in [0.4, 0.5) is 5.69 Å². The first-order valence-electron chi connectivity index (χ1n) is 6.25. The minimum Gasteiger partial charge on any atom is -0.322 e. The van der Waals surface area contributed by atoms with Crippen LogP contribution in [0.3, 0.4) is 0 Å². The van der Waals surface area contributed by atoms with E-state index in [1.807, 2.05) is 54.6 Å². The maximum atomic E-state index is 12.0. The molecule has 1 amide bonds. The summed E-state index contributed by atoms with van der Waals surface area (Å²) in [7, 11) is 0. The Bertz CT molecular complexity index is 502. The molecule has 0 spiro atoms. The van der Waals surface area contributed by atoms with Crippen LogP contribution in [0.5, 0.6) is 0 Å². The summed E-state index contributed by atoms with van der Waals surface area (Å²) >= 11 is 0. The Labute approximate surface area is 108 Å². The van der Waals surface area contributed by atoms with Crippen LogP contribution in [0.25, 0.3) is 0 Å². The minimum absolute atomic E-state index is 0.0655. The molecule has 18 heavy (non-hydrogen) atoms. The van der Waals surface area contributed by atoms with Gasteiger partial charge >= 0.3 is 0 Å². The van der Waals surface area contributed by atoms with Gasteiger partial charge < -0.3 is 5.32 Å². The van der Waals surface area contributed by atoms with Crippen molar-refractivity contribution in [3.8, 4) is 0 Å². The van der Waals surface area contributed by atoms with Crippen LogP contribution in [0.15, 0.2) is 54.6 Å². The molecule has 2 heteroatoms. The van der Waals surface area contributed by atoms with Gasteiger partial charge in [0, 0.05) is 11.3 Å². The number of amides is 1. The summed E-state index contributed by atoms with van der Waals surface area (Å²) in [6.07, 6.45) is 2.18. The lowest BCUT2D eigenvalue weighted by Crippen LogP contribution is -2.11. The van der Waals surface area contributed by atoms with Crippen LogP contribution in [-0.2, 0) is 6.42 Å². The first kappa shape index (κ1) is 12.4. The average molecular weight is 239 g/mol. The lowest BCUT2D eigenvalue weighted by Gasteiger charge is -2.05. The molecule has 0 radical (unpaired) electrons. The van der Waals surface area contributed by atoms with Gasteiger partial charge in [0.25, 0.3) is 5.91 Å². The third-order valence-corrected chi connectivity index (χ3v) is 2.79. The molecule has 1 N–H and O–H groups in total. The van der Waals surface area contributed by atoms with Gasteiger partial charge in [0.05, 0.1) is 0 Å². The standard InChI is InChI=1S/C16H17NO/c1-2-6-13-9-11-14(12-10-13)16(18)17-15-7-4-3-5-8-15/h3-5,7-12H,2,6H2,1H3,(H,17,18). The monoisotopic (exact) mass is 239 g/mol.